The summed E-state index contributed by atoms with van der Waals surface area (Å²) in [6.45, 7) is 8.40. The van der Waals surface area contributed by atoms with Gasteiger partial charge < -0.3 is 19.9 Å². The highest BCUT2D eigenvalue weighted by Gasteiger charge is 2.31. The SMILES string of the molecule is CCCCOc1ccc(CNC(=O)C2CCN(c3c(C(=O)N4CCCC4)cnc4snc(C)c34)CC2)cc1. The molecule has 3 aromatic rings. The van der Waals surface area contributed by atoms with Crippen LogP contribution in [0.4, 0.5) is 5.69 Å². The standard InChI is InChI=1S/C29H37N5O3S/c1-3-4-17-37-23-9-7-21(8-10-23)18-30-27(35)22-11-15-33(16-12-22)26-24(29(36)34-13-5-6-14-34)19-31-28-25(26)20(2)32-38-28/h7-10,19,22H,3-6,11-18H2,1-2H3,(H,30,35). The molecule has 0 spiro atoms. The van der Waals surface area contributed by atoms with Crippen LogP contribution in [0.3, 0.4) is 0 Å². The average molecular weight is 536 g/mol. The Morgan fingerprint density at radius 3 is 2.55 bits per heavy atom. The summed E-state index contributed by atoms with van der Waals surface area (Å²) in [5.41, 5.74) is 3.57. The van der Waals surface area contributed by atoms with Gasteiger partial charge in [0.15, 0.2) is 0 Å². The Balaban J connectivity index is 1.22. The molecule has 8 nitrogen and oxygen atoms in total. The number of ether oxygens (including phenoxy) is 1. The predicted molar refractivity (Wildman–Crippen MR) is 151 cm³/mol. The van der Waals surface area contributed by atoms with E-state index < -0.39 is 0 Å². The van der Waals surface area contributed by atoms with Crippen LogP contribution in [0.5, 0.6) is 5.75 Å². The van der Waals surface area contributed by atoms with Crippen molar-refractivity contribution in [2.75, 3.05) is 37.7 Å². The minimum absolute atomic E-state index is 0.0420. The number of piperidine rings is 1. The Labute approximate surface area is 228 Å². The maximum Gasteiger partial charge on any atom is 0.257 e. The zero-order valence-electron chi connectivity index (χ0n) is 22.4. The zero-order chi connectivity index (χ0) is 26.5. The van der Waals surface area contributed by atoms with E-state index in [9.17, 15) is 9.59 Å². The number of pyridine rings is 1. The molecule has 5 rings (SSSR count). The summed E-state index contributed by atoms with van der Waals surface area (Å²) in [6.07, 6.45) is 7.47. The molecule has 2 aromatic heterocycles. The van der Waals surface area contributed by atoms with Gasteiger partial charge in [0, 0.05) is 44.8 Å². The topological polar surface area (TPSA) is 87.7 Å². The lowest BCUT2D eigenvalue weighted by Gasteiger charge is -2.34. The minimum Gasteiger partial charge on any atom is -0.494 e. The van der Waals surface area contributed by atoms with Crippen molar-refractivity contribution in [3.63, 3.8) is 0 Å². The molecule has 0 unspecified atom stereocenters. The van der Waals surface area contributed by atoms with Crippen LogP contribution in [0.25, 0.3) is 10.2 Å². The monoisotopic (exact) mass is 535 g/mol. The highest BCUT2D eigenvalue weighted by atomic mass is 32.1. The maximum atomic E-state index is 13.4. The fourth-order valence-electron chi connectivity index (χ4n) is 5.35. The van der Waals surface area contributed by atoms with E-state index in [1.54, 1.807) is 6.20 Å². The summed E-state index contributed by atoms with van der Waals surface area (Å²) in [5, 5.41) is 4.10. The lowest BCUT2D eigenvalue weighted by Crippen LogP contribution is -2.41. The van der Waals surface area contributed by atoms with E-state index in [1.165, 1.54) is 11.5 Å². The molecule has 202 valence electrons. The molecule has 0 aliphatic carbocycles. The van der Waals surface area contributed by atoms with Crippen LogP contribution >= 0.6 is 11.5 Å². The van der Waals surface area contributed by atoms with Gasteiger partial charge in [0.25, 0.3) is 5.91 Å². The molecule has 1 aromatic carbocycles. The molecule has 2 fully saturated rings. The predicted octanol–water partition coefficient (Wildman–Crippen LogP) is 4.95. The molecule has 2 aliphatic heterocycles. The van der Waals surface area contributed by atoms with Crippen molar-refractivity contribution in [2.45, 2.75) is 58.9 Å². The smallest absolute Gasteiger partial charge is 0.257 e. The number of unbranched alkanes of at least 4 members (excludes halogenated alkanes) is 1. The van der Waals surface area contributed by atoms with Crippen molar-refractivity contribution in [1.82, 2.24) is 19.6 Å². The van der Waals surface area contributed by atoms with Gasteiger partial charge >= 0.3 is 0 Å². The van der Waals surface area contributed by atoms with Crippen molar-refractivity contribution < 1.29 is 14.3 Å². The third kappa shape index (κ3) is 5.77. The molecular weight excluding hydrogens is 498 g/mol. The molecule has 38 heavy (non-hydrogen) atoms. The van der Waals surface area contributed by atoms with Crippen molar-refractivity contribution >= 4 is 39.3 Å². The molecule has 0 radical (unpaired) electrons. The molecule has 2 amide bonds. The van der Waals surface area contributed by atoms with Crippen LogP contribution in [0.1, 0.15) is 67.1 Å². The molecular formula is C29H37N5O3S. The van der Waals surface area contributed by atoms with E-state index in [1.807, 2.05) is 36.1 Å². The summed E-state index contributed by atoms with van der Waals surface area (Å²) in [7, 11) is 0. The summed E-state index contributed by atoms with van der Waals surface area (Å²) < 4.78 is 10.3. The molecule has 2 saturated heterocycles. The fraction of sp³-hybridized carbons (Fsp3) is 0.517. The number of aryl methyl sites for hydroxylation is 1. The van der Waals surface area contributed by atoms with E-state index in [4.69, 9.17) is 4.74 Å². The molecule has 1 N–H and O–H groups in total. The average Bonchev–Trinajstić information content (AvgIpc) is 3.62. The number of carbonyl (C=O) groups excluding carboxylic acids is 2. The lowest BCUT2D eigenvalue weighted by atomic mass is 9.94. The third-order valence-corrected chi connectivity index (χ3v) is 8.46. The molecule has 4 heterocycles. The van der Waals surface area contributed by atoms with Crippen LogP contribution < -0.4 is 15.0 Å². The number of hydrogen-bond acceptors (Lipinski definition) is 7. The number of carbonyl (C=O) groups is 2. The summed E-state index contributed by atoms with van der Waals surface area (Å²) in [4.78, 5) is 36.1. The number of likely N-dealkylation sites (tertiary alicyclic amines) is 1. The molecule has 0 bridgehead atoms. The van der Waals surface area contributed by atoms with Gasteiger partial charge in [-0.05, 0) is 68.3 Å². The van der Waals surface area contributed by atoms with Crippen molar-refractivity contribution in [3.8, 4) is 5.75 Å². The largest absolute Gasteiger partial charge is 0.494 e. The first-order valence-corrected chi connectivity index (χ1v) is 14.6. The van der Waals surface area contributed by atoms with Crippen molar-refractivity contribution in [1.29, 1.82) is 0 Å². The Kier molecular flexibility index (Phi) is 8.42. The second-order valence-corrected chi connectivity index (χ2v) is 11.0. The van der Waals surface area contributed by atoms with E-state index in [0.29, 0.717) is 12.1 Å². The number of amides is 2. The van der Waals surface area contributed by atoms with Crippen LogP contribution in [0.2, 0.25) is 0 Å². The first-order valence-electron chi connectivity index (χ1n) is 13.8. The van der Waals surface area contributed by atoms with E-state index in [-0.39, 0.29) is 17.7 Å². The van der Waals surface area contributed by atoms with Crippen LogP contribution in [-0.4, -0.2) is 58.9 Å². The summed E-state index contributed by atoms with van der Waals surface area (Å²) in [5.74, 6) is 0.970. The highest BCUT2D eigenvalue weighted by molar-refractivity contribution is 7.13. The van der Waals surface area contributed by atoms with Crippen LogP contribution in [0.15, 0.2) is 30.5 Å². The molecule has 0 atom stereocenters. The first-order chi connectivity index (χ1) is 18.5. The second kappa shape index (κ2) is 12.1. The summed E-state index contributed by atoms with van der Waals surface area (Å²) >= 11 is 1.38. The number of hydrogen-bond donors (Lipinski definition) is 1. The number of aromatic nitrogens is 2. The number of anilines is 1. The quantitative estimate of drug-likeness (QED) is 0.390. The Morgan fingerprint density at radius 1 is 1.11 bits per heavy atom. The number of rotatable bonds is 9. The van der Waals surface area contributed by atoms with Gasteiger partial charge in [-0.1, -0.05) is 25.5 Å². The van der Waals surface area contributed by atoms with E-state index >= 15 is 0 Å². The van der Waals surface area contributed by atoms with Gasteiger partial charge in [0.2, 0.25) is 5.91 Å². The van der Waals surface area contributed by atoms with Crippen LogP contribution in [-0.2, 0) is 11.3 Å². The highest BCUT2D eigenvalue weighted by Crippen LogP contribution is 2.37. The van der Waals surface area contributed by atoms with Gasteiger partial charge in [-0.15, -0.1) is 0 Å². The van der Waals surface area contributed by atoms with Gasteiger partial charge in [-0.25, -0.2) is 4.98 Å². The van der Waals surface area contributed by atoms with Gasteiger partial charge in [-0.3, -0.25) is 9.59 Å². The zero-order valence-corrected chi connectivity index (χ0v) is 23.2. The Hall–Kier alpha value is -3.20. The summed E-state index contributed by atoms with van der Waals surface area (Å²) in [6, 6.07) is 7.95. The Bertz CT molecular complexity index is 1260. The van der Waals surface area contributed by atoms with Gasteiger partial charge in [0.1, 0.15) is 10.6 Å². The molecule has 2 aliphatic rings. The van der Waals surface area contributed by atoms with Gasteiger partial charge in [-0.2, -0.15) is 4.37 Å². The van der Waals surface area contributed by atoms with Crippen molar-refractivity contribution in [3.05, 3.63) is 47.3 Å². The fourth-order valence-corrected chi connectivity index (χ4v) is 6.10. The lowest BCUT2D eigenvalue weighted by molar-refractivity contribution is -0.125. The normalized spacial score (nSPS) is 16.3. The minimum atomic E-state index is -0.0420. The van der Waals surface area contributed by atoms with E-state index in [2.05, 4.69) is 26.5 Å². The number of benzene rings is 1. The third-order valence-electron chi connectivity index (χ3n) is 7.61. The molecule has 0 saturated carbocycles. The number of fused-ring (bicyclic) bond motifs is 1. The Morgan fingerprint density at radius 2 is 1.84 bits per heavy atom. The van der Waals surface area contributed by atoms with Gasteiger partial charge in [0.05, 0.1) is 28.9 Å². The van der Waals surface area contributed by atoms with Crippen LogP contribution in [0, 0.1) is 12.8 Å². The number of nitrogens with one attached hydrogen (secondary N) is 1. The first kappa shape index (κ1) is 26.4. The maximum absolute atomic E-state index is 13.4. The molecule has 9 heteroatoms. The van der Waals surface area contributed by atoms with Crippen molar-refractivity contribution in [2.24, 2.45) is 5.92 Å². The second-order valence-electron chi connectivity index (χ2n) is 10.3. The van der Waals surface area contributed by atoms with E-state index in [0.717, 1.165) is 104 Å². The number of nitrogens with zero attached hydrogens (tertiary/aromatic N) is 4.